The van der Waals surface area contributed by atoms with Crippen molar-refractivity contribution in [1.29, 1.82) is 0 Å². The fraction of sp³-hybridized carbons (Fsp3) is 0.467. The van der Waals surface area contributed by atoms with Crippen LogP contribution >= 0.6 is 0 Å². The molecule has 1 heteroatoms. The normalized spacial score (nSPS) is 21.2. The highest BCUT2D eigenvalue weighted by molar-refractivity contribution is 5.68. The van der Waals surface area contributed by atoms with Crippen LogP contribution in [0.2, 0.25) is 0 Å². The Morgan fingerprint density at radius 2 is 1.94 bits per heavy atom. The molecule has 16 heavy (non-hydrogen) atoms. The fourth-order valence-corrected chi connectivity index (χ4v) is 2.34. The van der Waals surface area contributed by atoms with Gasteiger partial charge < -0.3 is 5.11 Å². The van der Waals surface area contributed by atoms with Crippen molar-refractivity contribution >= 4 is 5.57 Å². The summed E-state index contributed by atoms with van der Waals surface area (Å²) >= 11 is 0. The zero-order valence-electron chi connectivity index (χ0n) is 10.2. The van der Waals surface area contributed by atoms with Gasteiger partial charge in [-0.05, 0) is 41.9 Å². The van der Waals surface area contributed by atoms with E-state index in [1.807, 2.05) is 0 Å². The van der Waals surface area contributed by atoms with Crippen LogP contribution in [0.5, 0.6) is 0 Å². The monoisotopic (exact) mass is 216 g/mol. The number of rotatable bonds is 2. The summed E-state index contributed by atoms with van der Waals surface area (Å²) in [4.78, 5) is 0. The van der Waals surface area contributed by atoms with Crippen molar-refractivity contribution in [3.8, 4) is 0 Å². The molecule has 1 unspecified atom stereocenters. The van der Waals surface area contributed by atoms with Crippen molar-refractivity contribution in [3.05, 3.63) is 41.2 Å². The largest absolute Gasteiger partial charge is 0.512 e. The molecule has 1 aromatic carbocycles. The Labute approximate surface area is 97.8 Å². The lowest BCUT2D eigenvalue weighted by Gasteiger charge is -2.21. The van der Waals surface area contributed by atoms with Gasteiger partial charge in [0.15, 0.2) is 0 Å². The molecule has 0 saturated heterocycles. The van der Waals surface area contributed by atoms with Crippen LogP contribution in [0.25, 0.3) is 5.57 Å². The molecule has 0 radical (unpaired) electrons. The smallest absolute Gasteiger partial charge is 0.0963 e. The first-order valence-electron chi connectivity index (χ1n) is 6.21. The second kappa shape index (κ2) is 4.73. The summed E-state index contributed by atoms with van der Waals surface area (Å²) in [7, 11) is 0. The van der Waals surface area contributed by atoms with Gasteiger partial charge in [-0.1, -0.05) is 38.1 Å². The van der Waals surface area contributed by atoms with E-state index in [9.17, 15) is 5.11 Å². The number of hydrogen-bond donors (Lipinski definition) is 1. The highest BCUT2D eigenvalue weighted by Gasteiger charge is 2.18. The van der Waals surface area contributed by atoms with Crippen LogP contribution in [-0.4, -0.2) is 5.11 Å². The van der Waals surface area contributed by atoms with Crippen LogP contribution in [0.1, 0.15) is 44.2 Å². The minimum atomic E-state index is 0.600. The summed E-state index contributed by atoms with van der Waals surface area (Å²) in [5.74, 6) is 1.22. The molecule has 0 aromatic heterocycles. The molecular weight excluding hydrogens is 196 g/mol. The first-order valence-corrected chi connectivity index (χ1v) is 6.21. The maximum absolute atomic E-state index is 10.00. The predicted molar refractivity (Wildman–Crippen MR) is 68.4 cm³/mol. The van der Waals surface area contributed by atoms with E-state index in [2.05, 4.69) is 38.1 Å². The highest BCUT2D eigenvalue weighted by Crippen LogP contribution is 2.33. The number of benzene rings is 1. The maximum Gasteiger partial charge on any atom is 0.0963 e. The third kappa shape index (κ3) is 2.29. The summed E-state index contributed by atoms with van der Waals surface area (Å²) in [6.45, 7) is 4.36. The summed E-state index contributed by atoms with van der Waals surface area (Å²) in [6, 6.07) is 8.60. The Kier molecular flexibility index (Phi) is 3.33. The highest BCUT2D eigenvalue weighted by atomic mass is 16.3. The Morgan fingerprint density at radius 3 is 2.50 bits per heavy atom. The van der Waals surface area contributed by atoms with Gasteiger partial charge in [-0.3, -0.25) is 0 Å². The van der Waals surface area contributed by atoms with Gasteiger partial charge in [0.25, 0.3) is 0 Å². The molecule has 0 saturated carbocycles. The zero-order valence-corrected chi connectivity index (χ0v) is 10.2. The minimum absolute atomic E-state index is 0.600. The van der Waals surface area contributed by atoms with E-state index < -0.39 is 0 Å². The molecule has 1 nitrogen and oxygen atoms in total. The van der Waals surface area contributed by atoms with E-state index in [4.69, 9.17) is 0 Å². The van der Waals surface area contributed by atoms with E-state index in [1.165, 1.54) is 17.5 Å². The summed E-state index contributed by atoms with van der Waals surface area (Å²) in [5.41, 5.74) is 3.70. The van der Waals surface area contributed by atoms with Crippen LogP contribution in [-0.2, 0) is 6.42 Å². The molecule has 0 bridgehead atoms. The Balaban J connectivity index is 2.26. The molecule has 0 amide bonds. The van der Waals surface area contributed by atoms with Crippen molar-refractivity contribution in [2.24, 2.45) is 5.92 Å². The molecule has 0 aliphatic heterocycles. The van der Waals surface area contributed by atoms with Crippen molar-refractivity contribution in [1.82, 2.24) is 0 Å². The van der Waals surface area contributed by atoms with Crippen molar-refractivity contribution in [3.63, 3.8) is 0 Å². The lowest BCUT2D eigenvalue weighted by molar-refractivity contribution is 0.338. The van der Waals surface area contributed by atoms with Gasteiger partial charge in [-0.15, -0.1) is 0 Å². The number of aliphatic hydroxyl groups excluding tert-OH is 1. The lowest BCUT2D eigenvalue weighted by atomic mass is 9.86. The van der Waals surface area contributed by atoms with Crippen LogP contribution in [0.4, 0.5) is 0 Å². The summed E-state index contributed by atoms with van der Waals surface area (Å²) < 4.78 is 0. The Morgan fingerprint density at radius 1 is 1.25 bits per heavy atom. The molecule has 0 heterocycles. The second-order valence-electron chi connectivity index (χ2n) is 4.82. The second-order valence-corrected chi connectivity index (χ2v) is 4.82. The topological polar surface area (TPSA) is 20.2 Å². The average Bonchev–Trinajstić information content (AvgIpc) is 2.29. The predicted octanol–water partition coefficient (Wildman–Crippen LogP) is 4.34. The summed E-state index contributed by atoms with van der Waals surface area (Å²) in [5, 5.41) is 10.00. The maximum atomic E-state index is 10.00. The van der Waals surface area contributed by atoms with Gasteiger partial charge in [0.05, 0.1) is 5.76 Å². The molecule has 1 aromatic rings. The summed E-state index contributed by atoms with van der Waals surface area (Å²) in [6.07, 6.45) is 4.11. The van der Waals surface area contributed by atoms with Crippen LogP contribution < -0.4 is 0 Å². The van der Waals surface area contributed by atoms with E-state index in [1.54, 1.807) is 0 Å². The molecule has 1 N–H and O–H groups in total. The first-order chi connectivity index (χ1) is 7.70. The van der Waals surface area contributed by atoms with Crippen molar-refractivity contribution in [2.75, 3.05) is 0 Å². The molecule has 1 atom stereocenters. The third-order valence-corrected chi connectivity index (χ3v) is 3.49. The average molecular weight is 216 g/mol. The molecular formula is C15H20O. The van der Waals surface area contributed by atoms with Gasteiger partial charge in [0.1, 0.15) is 0 Å². The van der Waals surface area contributed by atoms with E-state index in [0.717, 1.165) is 24.8 Å². The third-order valence-electron chi connectivity index (χ3n) is 3.49. The van der Waals surface area contributed by atoms with Gasteiger partial charge in [-0.2, -0.15) is 0 Å². The number of aliphatic hydroxyl groups is 1. The van der Waals surface area contributed by atoms with Gasteiger partial charge in [-0.25, -0.2) is 0 Å². The van der Waals surface area contributed by atoms with Gasteiger partial charge in [0.2, 0.25) is 0 Å². The molecule has 2 rings (SSSR count). The van der Waals surface area contributed by atoms with Crippen LogP contribution in [0.15, 0.2) is 30.0 Å². The molecule has 1 aliphatic carbocycles. The van der Waals surface area contributed by atoms with Crippen molar-refractivity contribution in [2.45, 2.75) is 39.5 Å². The van der Waals surface area contributed by atoms with E-state index >= 15 is 0 Å². The molecule has 1 aliphatic rings. The van der Waals surface area contributed by atoms with Gasteiger partial charge >= 0.3 is 0 Å². The van der Waals surface area contributed by atoms with Crippen LogP contribution in [0, 0.1) is 5.92 Å². The van der Waals surface area contributed by atoms with E-state index in [-0.39, 0.29) is 0 Å². The number of aryl methyl sites for hydroxylation is 1. The lowest BCUT2D eigenvalue weighted by Crippen LogP contribution is -2.06. The van der Waals surface area contributed by atoms with Crippen molar-refractivity contribution < 1.29 is 5.11 Å². The fourth-order valence-electron chi connectivity index (χ4n) is 2.34. The standard InChI is InChI=1S/C15H20O/c1-3-12-5-7-13(8-6-12)14-9-4-11(2)10-15(14)16/h5-8,11,16H,3-4,9-10H2,1-2H3. The first kappa shape index (κ1) is 11.3. The Hall–Kier alpha value is -1.24. The quantitative estimate of drug-likeness (QED) is 0.779. The SMILES string of the molecule is CCc1ccc(C2=C(O)CC(C)CC2)cc1. The molecule has 0 spiro atoms. The van der Waals surface area contributed by atoms with E-state index in [0.29, 0.717) is 11.7 Å². The minimum Gasteiger partial charge on any atom is -0.512 e. The van der Waals surface area contributed by atoms with Gasteiger partial charge in [0, 0.05) is 6.42 Å². The number of allylic oxidation sites excluding steroid dienone is 2. The molecule has 86 valence electrons. The zero-order chi connectivity index (χ0) is 11.5. The Bertz CT molecular complexity index is 386. The molecule has 0 fully saturated rings. The number of hydrogen-bond acceptors (Lipinski definition) is 1. The van der Waals surface area contributed by atoms with Crippen LogP contribution in [0.3, 0.4) is 0 Å².